The lowest BCUT2D eigenvalue weighted by molar-refractivity contribution is -0.385. The highest BCUT2D eigenvalue weighted by Gasteiger charge is 2.53. The second kappa shape index (κ2) is 2.94. The Balaban J connectivity index is 2.78. The molecule has 7 nitrogen and oxygen atoms in total. The van der Waals surface area contributed by atoms with Gasteiger partial charge in [-0.3, -0.25) is 19.7 Å². The maximum absolute atomic E-state index is 11.4. The first-order chi connectivity index (χ1) is 7.37. The molecule has 2 N–H and O–H groups in total. The normalized spacial score (nSPS) is 17.4. The van der Waals surface area contributed by atoms with Crippen LogP contribution in [0.4, 0.5) is 5.69 Å². The molecule has 1 aromatic rings. The average Bonchev–Trinajstić information content (AvgIpc) is 2.40. The summed E-state index contributed by atoms with van der Waals surface area (Å²) in [5, 5.41) is 29.0. The second-order valence-corrected chi connectivity index (χ2v) is 3.29. The summed E-state index contributed by atoms with van der Waals surface area (Å²) < 4.78 is 0. The first-order valence-electron chi connectivity index (χ1n) is 4.19. The van der Waals surface area contributed by atoms with Crippen molar-refractivity contribution in [3.63, 3.8) is 0 Å². The van der Waals surface area contributed by atoms with Crippen LogP contribution in [0, 0.1) is 10.1 Å². The Hall–Kier alpha value is -2.12. The predicted octanol–water partition coefficient (Wildman–Crippen LogP) is -0.345. The molecule has 0 heterocycles. The highest BCUT2D eigenvalue weighted by atomic mass is 16.6. The fraction of sp³-hybridized carbons (Fsp3) is 0.111. The fourth-order valence-corrected chi connectivity index (χ4v) is 1.59. The van der Waals surface area contributed by atoms with Crippen LogP contribution in [0.3, 0.4) is 0 Å². The highest BCUT2D eigenvalue weighted by Crippen LogP contribution is 2.34. The van der Waals surface area contributed by atoms with Crippen molar-refractivity contribution >= 4 is 17.3 Å². The van der Waals surface area contributed by atoms with E-state index in [0.29, 0.717) is 0 Å². The van der Waals surface area contributed by atoms with Crippen LogP contribution in [0.25, 0.3) is 0 Å². The number of carbonyl (C=O) groups is 2. The van der Waals surface area contributed by atoms with Crippen LogP contribution in [-0.2, 0) is 0 Å². The van der Waals surface area contributed by atoms with Crippen molar-refractivity contribution in [1.82, 2.24) is 0 Å². The summed E-state index contributed by atoms with van der Waals surface area (Å²) in [6.07, 6.45) is 0. The number of hydrogen-bond acceptors (Lipinski definition) is 6. The van der Waals surface area contributed by atoms with Gasteiger partial charge in [-0.25, -0.2) is 0 Å². The molecule has 7 heteroatoms. The molecule has 0 unspecified atom stereocenters. The lowest BCUT2D eigenvalue weighted by Gasteiger charge is -2.08. The number of nitrogens with zero attached hydrogens (tertiary/aromatic N) is 1. The number of ketones is 2. The van der Waals surface area contributed by atoms with E-state index in [1.807, 2.05) is 0 Å². The number of aliphatic hydroxyl groups is 2. The number of fused-ring (bicyclic) bond motifs is 1. The standard InChI is InChI=1S/C9H5NO6/c11-7-4-2-1-3-5(10(15)16)6(4)8(12)9(7,13)14/h1-3,13-14H. The molecule has 2 rings (SSSR count). The number of hydrogen-bond donors (Lipinski definition) is 2. The van der Waals surface area contributed by atoms with Crippen molar-refractivity contribution in [2.45, 2.75) is 5.79 Å². The van der Waals surface area contributed by atoms with Crippen LogP contribution in [0.2, 0.25) is 0 Å². The third-order valence-corrected chi connectivity index (χ3v) is 2.34. The zero-order chi connectivity index (χ0) is 12.1. The van der Waals surface area contributed by atoms with Gasteiger partial charge >= 0.3 is 0 Å². The number of rotatable bonds is 1. The van der Waals surface area contributed by atoms with E-state index >= 15 is 0 Å². The van der Waals surface area contributed by atoms with E-state index in [-0.39, 0.29) is 5.56 Å². The summed E-state index contributed by atoms with van der Waals surface area (Å²) in [6.45, 7) is 0. The quantitative estimate of drug-likeness (QED) is 0.291. The Morgan fingerprint density at radius 1 is 1.19 bits per heavy atom. The number of benzene rings is 1. The van der Waals surface area contributed by atoms with E-state index in [4.69, 9.17) is 0 Å². The summed E-state index contributed by atoms with van der Waals surface area (Å²) in [5.74, 6) is -5.79. The van der Waals surface area contributed by atoms with Crippen LogP contribution in [0.15, 0.2) is 18.2 Å². The molecule has 82 valence electrons. The molecular weight excluding hydrogens is 218 g/mol. The van der Waals surface area contributed by atoms with Gasteiger partial charge in [-0.15, -0.1) is 0 Å². The van der Waals surface area contributed by atoms with Crippen LogP contribution in [0.5, 0.6) is 0 Å². The molecule has 1 aromatic carbocycles. The lowest BCUT2D eigenvalue weighted by atomic mass is 10.1. The molecule has 0 aliphatic heterocycles. The first kappa shape index (κ1) is 10.4. The Kier molecular flexibility index (Phi) is 1.91. The lowest BCUT2D eigenvalue weighted by Crippen LogP contribution is -2.40. The molecule has 0 aromatic heterocycles. The SMILES string of the molecule is O=C1c2cccc([N+](=O)[O-])c2C(=O)C1(O)O. The Morgan fingerprint density at radius 2 is 1.81 bits per heavy atom. The van der Waals surface area contributed by atoms with Gasteiger partial charge in [0.25, 0.3) is 11.5 Å². The molecule has 1 aliphatic rings. The third kappa shape index (κ3) is 1.09. The summed E-state index contributed by atoms with van der Waals surface area (Å²) in [5.41, 5.74) is -1.51. The fourth-order valence-electron chi connectivity index (χ4n) is 1.59. The molecule has 0 saturated carbocycles. The summed E-state index contributed by atoms with van der Waals surface area (Å²) in [6, 6.07) is 3.35. The van der Waals surface area contributed by atoms with Gasteiger partial charge in [0.15, 0.2) is 0 Å². The Labute approximate surface area is 88.1 Å². The third-order valence-electron chi connectivity index (χ3n) is 2.34. The summed E-state index contributed by atoms with van der Waals surface area (Å²) in [7, 11) is 0. The van der Waals surface area contributed by atoms with Crippen molar-refractivity contribution in [2.75, 3.05) is 0 Å². The van der Waals surface area contributed by atoms with Gasteiger partial charge in [-0.05, 0) is 6.07 Å². The molecular formula is C9H5NO6. The van der Waals surface area contributed by atoms with E-state index in [2.05, 4.69) is 0 Å². The van der Waals surface area contributed by atoms with Gasteiger partial charge < -0.3 is 10.2 Å². The van der Waals surface area contributed by atoms with Crippen LogP contribution in [-0.4, -0.2) is 32.5 Å². The van der Waals surface area contributed by atoms with Gasteiger partial charge in [-0.2, -0.15) is 0 Å². The van der Waals surface area contributed by atoms with E-state index < -0.39 is 33.5 Å². The molecule has 0 bridgehead atoms. The van der Waals surface area contributed by atoms with Crippen LogP contribution >= 0.6 is 0 Å². The van der Waals surface area contributed by atoms with Crippen molar-refractivity contribution in [3.8, 4) is 0 Å². The van der Waals surface area contributed by atoms with Gasteiger partial charge in [-0.1, -0.05) is 6.07 Å². The predicted molar refractivity (Wildman–Crippen MR) is 48.9 cm³/mol. The maximum Gasteiger partial charge on any atom is 0.295 e. The smallest absolute Gasteiger partial charge is 0.295 e. The number of nitro benzene ring substituents is 1. The van der Waals surface area contributed by atoms with Crippen molar-refractivity contribution in [1.29, 1.82) is 0 Å². The average molecular weight is 223 g/mol. The zero-order valence-electron chi connectivity index (χ0n) is 7.71. The van der Waals surface area contributed by atoms with E-state index in [1.54, 1.807) is 0 Å². The summed E-state index contributed by atoms with van der Waals surface area (Å²) >= 11 is 0. The highest BCUT2D eigenvalue weighted by molar-refractivity contribution is 6.32. The number of carbonyl (C=O) groups excluding carboxylic acids is 2. The summed E-state index contributed by atoms with van der Waals surface area (Å²) in [4.78, 5) is 32.5. The first-order valence-corrected chi connectivity index (χ1v) is 4.19. The monoisotopic (exact) mass is 223 g/mol. The topological polar surface area (TPSA) is 118 Å². The molecule has 0 fully saturated rings. The van der Waals surface area contributed by atoms with Crippen molar-refractivity contribution in [3.05, 3.63) is 39.4 Å². The van der Waals surface area contributed by atoms with Crippen LogP contribution in [0.1, 0.15) is 20.7 Å². The molecule has 0 atom stereocenters. The second-order valence-electron chi connectivity index (χ2n) is 3.29. The van der Waals surface area contributed by atoms with Crippen molar-refractivity contribution < 1.29 is 24.7 Å². The van der Waals surface area contributed by atoms with E-state index in [1.165, 1.54) is 6.07 Å². The minimum absolute atomic E-state index is 0.343. The zero-order valence-corrected chi connectivity index (χ0v) is 7.71. The Bertz CT molecular complexity index is 533. The largest absolute Gasteiger partial charge is 0.353 e. The Morgan fingerprint density at radius 3 is 2.38 bits per heavy atom. The molecule has 16 heavy (non-hydrogen) atoms. The number of nitro groups is 1. The molecule has 0 spiro atoms. The maximum atomic E-state index is 11.4. The van der Waals surface area contributed by atoms with Crippen molar-refractivity contribution in [2.24, 2.45) is 0 Å². The molecule has 1 aliphatic carbocycles. The van der Waals surface area contributed by atoms with Gasteiger partial charge in [0.05, 0.1) is 4.92 Å². The van der Waals surface area contributed by atoms with Gasteiger partial charge in [0.1, 0.15) is 5.56 Å². The van der Waals surface area contributed by atoms with E-state index in [9.17, 15) is 29.9 Å². The molecule has 0 saturated heterocycles. The molecule has 0 radical (unpaired) electrons. The molecule has 0 amide bonds. The minimum atomic E-state index is -3.19. The minimum Gasteiger partial charge on any atom is -0.353 e. The number of Topliss-reactive ketones (excluding diaryl/α,β-unsaturated/α-hetero) is 2. The van der Waals surface area contributed by atoms with Gasteiger partial charge in [0.2, 0.25) is 11.6 Å². The van der Waals surface area contributed by atoms with Crippen LogP contribution < -0.4 is 0 Å². The van der Waals surface area contributed by atoms with Gasteiger partial charge in [0, 0.05) is 11.6 Å². The van der Waals surface area contributed by atoms with E-state index in [0.717, 1.165) is 12.1 Å².